The molecule has 1 saturated heterocycles. The molecular weight excluding hydrogens is 412 g/mol. The molecule has 10 nitrogen and oxygen atoms in total. The molecule has 168 valence electrons. The van der Waals surface area contributed by atoms with E-state index >= 15 is 0 Å². The molecule has 0 unspecified atom stereocenters. The van der Waals surface area contributed by atoms with Crippen LogP contribution in [0.25, 0.3) is 10.9 Å². The molecule has 3 heterocycles. The maximum atomic E-state index is 11.5. The zero-order valence-electron chi connectivity index (χ0n) is 18.2. The molecule has 1 aliphatic heterocycles. The van der Waals surface area contributed by atoms with Gasteiger partial charge in [-0.05, 0) is 36.9 Å². The molecule has 4 rings (SSSR count). The normalized spacial score (nSPS) is 14.6. The second-order valence-electron chi connectivity index (χ2n) is 8.05. The molecule has 0 radical (unpaired) electrons. The maximum absolute atomic E-state index is 11.5. The number of methoxy groups -OCH3 is 1. The van der Waals surface area contributed by atoms with Gasteiger partial charge in [-0.1, -0.05) is 0 Å². The number of rotatable bonds is 7. The Kier molecular flexibility index (Phi) is 6.31. The molecule has 32 heavy (non-hydrogen) atoms. The number of aromatic nitrogens is 3. The number of aryl methyl sites for hydroxylation is 1. The van der Waals surface area contributed by atoms with Crippen LogP contribution in [-0.2, 0) is 18.3 Å². The maximum Gasteiger partial charge on any atom is 0.341 e. The SMILES string of the molecule is COC(=O)c1cnc(N2CCC(CNCc3cn(C)c4ccc([N+](=O)[O-])cc34)CC2)nc1. The first-order chi connectivity index (χ1) is 15.5. The Hall–Kier alpha value is -3.53. The summed E-state index contributed by atoms with van der Waals surface area (Å²) in [7, 11) is 3.28. The molecule has 0 saturated carbocycles. The van der Waals surface area contributed by atoms with Crippen molar-refractivity contribution < 1.29 is 14.5 Å². The van der Waals surface area contributed by atoms with Crippen molar-refractivity contribution in [3.05, 3.63) is 58.0 Å². The fourth-order valence-corrected chi connectivity index (χ4v) is 4.17. The van der Waals surface area contributed by atoms with Crippen LogP contribution in [-0.4, -0.2) is 52.2 Å². The van der Waals surface area contributed by atoms with Gasteiger partial charge in [0.1, 0.15) is 0 Å². The molecule has 0 atom stereocenters. The Labute approximate surface area is 185 Å². The smallest absolute Gasteiger partial charge is 0.341 e. The molecule has 0 spiro atoms. The highest BCUT2D eigenvalue weighted by molar-refractivity contribution is 5.88. The van der Waals surface area contributed by atoms with Crippen LogP contribution >= 0.6 is 0 Å². The number of carbonyl (C=O) groups excluding carboxylic acids is 1. The number of nitrogens with zero attached hydrogens (tertiary/aromatic N) is 5. The van der Waals surface area contributed by atoms with E-state index in [1.807, 2.05) is 17.8 Å². The second kappa shape index (κ2) is 9.31. The fraction of sp³-hybridized carbons (Fsp3) is 0.409. The summed E-state index contributed by atoms with van der Waals surface area (Å²) in [5.41, 5.74) is 2.50. The molecule has 1 aromatic carbocycles. The monoisotopic (exact) mass is 438 g/mol. The molecule has 0 aliphatic carbocycles. The number of nitro groups is 1. The number of esters is 1. The standard InChI is InChI=1S/C22H26N6O4/c1-26-14-17(19-9-18(28(30)31)3-4-20(19)26)11-23-10-15-5-7-27(8-6-15)22-24-12-16(13-25-22)21(29)32-2/h3-4,9,12-15,23H,5-8,10-11H2,1-2H3. The minimum atomic E-state index is -0.442. The van der Waals surface area contributed by atoms with E-state index in [2.05, 4.69) is 24.9 Å². The lowest BCUT2D eigenvalue weighted by Crippen LogP contribution is -2.38. The van der Waals surface area contributed by atoms with Crippen molar-refractivity contribution >= 4 is 28.5 Å². The fourth-order valence-electron chi connectivity index (χ4n) is 4.17. The van der Waals surface area contributed by atoms with Gasteiger partial charge >= 0.3 is 5.97 Å². The first-order valence-electron chi connectivity index (χ1n) is 10.5. The largest absolute Gasteiger partial charge is 0.465 e. The number of non-ortho nitro benzene ring substituents is 1. The predicted octanol–water partition coefficient (Wildman–Crippen LogP) is 2.67. The van der Waals surface area contributed by atoms with E-state index in [-0.39, 0.29) is 10.6 Å². The average molecular weight is 438 g/mol. The number of nitro benzene ring substituents is 1. The highest BCUT2D eigenvalue weighted by Gasteiger charge is 2.21. The number of carbonyl (C=O) groups is 1. The van der Waals surface area contributed by atoms with Gasteiger partial charge < -0.3 is 19.5 Å². The highest BCUT2D eigenvalue weighted by atomic mass is 16.6. The van der Waals surface area contributed by atoms with Gasteiger partial charge in [0.25, 0.3) is 5.69 Å². The summed E-state index contributed by atoms with van der Waals surface area (Å²) in [6.45, 7) is 3.24. The van der Waals surface area contributed by atoms with Crippen LogP contribution in [0.1, 0.15) is 28.8 Å². The van der Waals surface area contributed by atoms with Gasteiger partial charge in [0, 0.05) is 68.3 Å². The lowest BCUT2D eigenvalue weighted by atomic mass is 9.97. The summed E-state index contributed by atoms with van der Waals surface area (Å²) >= 11 is 0. The van der Waals surface area contributed by atoms with Crippen LogP contribution < -0.4 is 10.2 Å². The molecule has 1 N–H and O–H groups in total. The number of ether oxygens (including phenoxy) is 1. The lowest BCUT2D eigenvalue weighted by molar-refractivity contribution is -0.384. The van der Waals surface area contributed by atoms with Gasteiger partial charge in [0.2, 0.25) is 5.95 Å². The number of benzene rings is 1. The van der Waals surface area contributed by atoms with E-state index in [9.17, 15) is 14.9 Å². The molecule has 3 aromatic rings. The van der Waals surface area contributed by atoms with Crippen LogP contribution in [0.3, 0.4) is 0 Å². The van der Waals surface area contributed by atoms with E-state index in [1.54, 1.807) is 18.2 Å². The van der Waals surface area contributed by atoms with E-state index in [4.69, 9.17) is 0 Å². The molecule has 0 bridgehead atoms. The number of piperidine rings is 1. The van der Waals surface area contributed by atoms with E-state index < -0.39 is 5.97 Å². The number of fused-ring (bicyclic) bond motifs is 1. The van der Waals surface area contributed by atoms with Gasteiger partial charge in [0.05, 0.1) is 17.6 Å². The molecule has 0 amide bonds. The molecule has 1 aliphatic rings. The van der Waals surface area contributed by atoms with Crippen LogP contribution in [0, 0.1) is 16.0 Å². The quantitative estimate of drug-likeness (QED) is 0.340. The molecule has 1 fully saturated rings. The second-order valence-corrected chi connectivity index (χ2v) is 8.05. The number of anilines is 1. The van der Waals surface area contributed by atoms with Gasteiger partial charge in [-0.15, -0.1) is 0 Å². The van der Waals surface area contributed by atoms with Crippen LogP contribution in [0.4, 0.5) is 11.6 Å². The van der Waals surface area contributed by atoms with Gasteiger partial charge in [-0.2, -0.15) is 0 Å². The summed E-state index contributed by atoms with van der Waals surface area (Å²) in [6.07, 6.45) is 7.04. The van der Waals surface area contributed by atoms with E-state index in [0.29, 0.717) is 24.0 Å². The third kappa shape index (κ3) is 4.54. The van der Waals surface area contributed by atoms with Crippen LogP contribution in [0.5, 0.6) is 0 Å². The Morgan fingerprint density at radius 3 is 2.66 bits per heavy atom. The Morgan fingerprint density at radius 2 is 2.00 bits per heavy atom. The van der Waals surface area contributed by atoms with Gasteiger partial charge in [-0.3, -0.25) is 10.1 Å². The predicted molar refractivity (Wildman–Crippen MR) is 120 cm³/mol. The van der Waals surface area contributed by atoms with Gasteiger partial charge in [-0.25, -0.2) is 14.8 Å². The van der Waals surface area contributed by atoms with Crippen molar-refractivity contribution in [2.45, 2.75) is 19.4 Å². The summed E-state index contributed by atoms with van der Waals surface area (Å²) < 4.78 is 6.68. The highest BCUT2D eigenvalue weighted by Crippen LogP contribution is 2.26. The Balaban J connectivity index is 1.30. The van der Waals surface area contributed by atoms with Crippen LogP contribution in [0.2, 0.25) is 0 Å². The first-order valence-corrected chi connectivity index (χ1v) is 10.5. The van der Waals surface area contributed by atoms with Crippen molar-refractivity contribution in [1.82, 2.24) is 19.9 Å². The summed E-state index contributed by atoms with van der Waals surface area (Å²) in [6, 6.07) is 4.99. The minimum absolute atomic E-state index is 0.110. The number of hydrogen-bond acceptors (Lipinski definition) is 8. The van der Waals surface area contributed by atoms with Crippen LogP contribution in [0.15, 0.2) is 36.8 Å². The van der Waals surface area contributed by atoms with E-state index in [0.717, 1.165) is 48.9 Å². The molecular formula is C22H26N6O4. The van der Waals surface area contributed by atoms with E-state index in [1.165, 1.54) is 19.5 Å². The topological polar surface area (TPSA) is 115 Å². The zero-order chi connectivity index (χ0) is 22.7. The number of nitrogens with one attached hydrogen (secondary N) is 1. The van der Waals surface area contributed by atoms with Crippen molar-refractivity contribution in [3.8, 4) is 0 Å². The summed E-state index contributed by atoms with van der Waals surface area (Å²) in [4.78, 5) is 33.0. The Morgan fingerprint density at radius 1 is 1.28 bits per heavy atom. The minimum Gasteiger partial charge on any atom is -0.465 e. The van der Waals surface area contributed by atoms with Crippen molar-refractivity contribution in [2.24, 2.45) is 13.0 Å². The molecule has 2 aromatic heterocycles. The van der Waals surface area contributed by atoms with Crippen molar-refractivity contribution in [3.63, 3.8) is 0 Å². The Bertz CT molecular complexity index is 1120. The summed E-state index contributed by atoms with van der Waals surface area (Å²) in [5, 5.41) is 15.6. The average Bonchev–Trinajstić information content (AvgIpc) is 3.14. The zero-order valence-corrected chi connectivity index (χ0v) is 18.2. The third-order valence-electron chi connectivity index (χ3n) is 5.97. The van der Waals surface area contributed by atoms with Crippen molar-refractivity contribution in [2.75, 3.05) is 31.6 Å². The van der Waals surface area contributed by atoms with Crippen molar-refractivity contribution in [1.29, 1.82) is 0 Å². The first kappa shape index (κ1) is 21.7. The van der Waals surface area contributed by atoms with Gasteiger partial charge in [0.15, 0.2) is 0 Å². The summed E-state index contributed by atoms with van der Waals surface area (Å²) in [5.74, 6) is 0.716. The number of hydrogen-bond donors (Lipinski definition) is 1. The lowest BCUT2D eigenvalue weighted by Gasteiger charge is -2.32. The molecule has 10 heteroatoms. The third-order valence-corrected chi connectivity index (χ3v) is 5.97.